The first-order valence-electron chi connectivity index (χ1n) is 4.46. The van der Waals surface area contributed by atoms with Crippen molar-refractivity contribution in [3.63, 3.8) is 0 Å². The zero-order valence-corrected chi connectivity index (χ0v) is 7.79. The maximum atomic E-state index is 10.3. The molecule has 1 saturated carbocycles. The van der Waals surface area contributed by atoms with Crippen molar-refractivity contribution in [3.8, 4) is 0 Å². The van der Waals surface area contributed by atoms with Gasteiger partial charge in [-0.2, -0.15) is 0 Å². The zero-order valence-electron chi connectivity index (χ0n) is 7.79. The van der Waals surface area contributed by atoms with E-state index in [1.807, 2.05) is 0 Å². The average Bonchev–Trinajstić information content (AvgIpc) is 2.62. The highest BCUT2D eigenvalue weighted by Crippen LogP contribution is 2.43. The third-order valence-electron chi connectivity index (χ3n) is 2.45. The summed E-state index contributed by atoms with van der Waals surface area (Å²) in [5.74, 6) is 0.512. The van der Waals surface area contributed by atoms with Gasteiger partial charge in [-0.05, 0) is 45.3 Å². The van der Waals surface area contributed by atoms with Crippen molar-refractivity contribution in [1.82, 2.24) is 4.90 Å². The zero-order chi connectivity index (χ0) is 9.14. The molecular weight excluding hydrogens is 154 g/mol. The smallest absolute Gasteiger partial charge is 0.303 e. The van der Waals surface area contributed by atoms with Gasteiger partial charge >= 0.3 is 5.97 Å². The van der Waals surface area contributed by atoms with E-state index < -0.39 is 5.97 Å². The van der Waals surface area contributed by atoms with Gasteiger partial charge in [0.2, 0.25) is 0 Å². The highest BCUT2D eigenvalue weighted by atomic mass is 16.4. The van der Waals surface area contributed by atoms with Crippen LogP contribution in [0.1, 0.15) is 19.3 Å². The standard InChI is InChI=1S/C9H17NO2/c1-10(2)4-3-7-5-8(7)6-9(11)12/h7-8H,3-6H2,1-2H3,(H,11,12). The van der Waals surface area contributed by atoms with Crippen LogP contribution in [0.5, 0.6) is 0 Å². The van der Waals surface area contributed by atoms with E-state index in [0.717, 1.165) is 19.4 Å². The number of hydrogen-bond donors (Lipinski definition) is 1. The lowest BCUT2D eigenvalue weighted by Crippen LogP contribution is -2.13. The summed E-state index contributed by atoms with van der Waals surface area (Å²) in [5.41, 5.74) is 0. The summed E-state index contributed by atoms with van der Waals surface area (Å²) in [7, 11) is 4.10. The van der Waals surface area contributed by atoms with Crippen LogP contribution in [0.25, 0.3) is 0 Å². The fourth-order valence-electron chi connectivity index (χ4n) is 1.56. The number of carbonyl (C=O) groups is 1. The molecule has 12 heavy (non-hydrogen) atoms. The van der Waals surface area contributed by atoms with Crippen LogP contribution in [-0.2, 0) is 4.79 Å². The molecule has 1 N–H and O–H groups in total. The third-order valence-corrected chi connectivity index (χ3v) is 2.45. The lowest BCUT2D eigenvalue weighted by Gasteiger charge is -2.07. The number of carboxylic acids is 1. The fraction of sp³-hybridized carbons (Fsp3) is 0.889. The Morgan fingerprint density at radius 3 is 2.67 bits per heavy atom. The molecule has 70 valence electrons. The van der Waals surface area contributed by atoms with Crippen LogP contribution in [0.15, 0.2) is 0 Å². The largest absolute Gasteiger partial charge is 0.481 e. The summed E-state index contributed by atoms with van der Waals surface area (Å²) in [4.78, 5) is 12.5. The van der Waals surface area contributed by atoms with Crippen LogP contribution in [0.2, 0.25) is 0 Å². The molecule has 2 unspecified atom stereocenters. The van der Waals surface area contributed by atoms with Crippen molar-refractivity contribution in [2.45, 2.75) is 19.3 Å². The Morgan fingerprint density at radius 1 is 1.50 bits per heavy atom. The van der Waals surface area contributed by atoms with Crippen LogP contribution in [-0.4, -0.2) is 36.6 Å². The molecule has 1 aliphatic carbocycles. The molecule has 0 bridgehead atoms. The van der Waals surface area contributed by atoms with E-state index in [2.05, 4.69) is 19.0 Å². The van der Waals surface area contributed by atoms with Gasteiger partial charge in [-0.3, -0.25) is 4.79 Å². The Labute approximate surface area is 73.4 Å². The highest BCUT2D eigenvalue weighted by molar-refractivity contribution is 5.67. The van der Waals surface area contributed by atoms with E-state index in [0.29, 0.717) is 18.3 Å². The van der Waals surface area contributed by atoms with Crippen molar-refractivity contribution in [3.05, 3.63) is 0 Å². The van der Waals surface area contributed by atoms with Gasteiger partial charge in [0.05, 0.1) is 0 Å². The molecule has 0 heterocycles. The monoisotopic (exact) mass is 171 g/mol. The van der Waals surface area contributed by atoms with E-state index in [1.165, 1.54) is 0 Å². The molecule has 0 amide bonds. The van der Waals surface area contributed by atoms with E-state index >= 15 is 0 Å². The van der Waals surface area contributed by atoms with E-state index in [9.17, 15) is 4.79 Å². The van der Waals surface area contributed by atoms with E-state index in [-0.39, 0.29) is 0 Å². The Hall–Kier alpha value is -0.570. The summed E-state index contributed by atoms with van der Waals surface area (Å²) in [6, 6.07) is 0. The third kappa shape index (κ3) is 3.22. The molecule has 0 radical (unpaired) electrons. The number of carboxylic acid groups (broad SMARTS) is 1. The quantitative estimate of drug-likeness (QED) is 0.672. The Balaban J connectivity index is 2.04. The van der Waals surface area contributed by atoms with E-state index in [4.69, 9.17) is 5.11 Å². The van der Waals surface area contributed by atoms with Crippen LogP contribution < -0.4 is 0 Å². The summed E-state index contributed by atoms with van der Waals surface area (Å²) in [6.07, 6.45) is 2.66. The Kier molecular flexibility index (Phi) is 3.09. The molecule has 1 rings (SSSR count). The first kappa shape index (κ1) is 9.52. The van der Waals surface area contributed by atoms with Gasteiger partial charge in [-0.15, -0.1) is 0 Å². The average molecular weight is 171 g/mol. The molecule has 3 heteroatoms. The minimum absolute atomic E-state index is 0.373. The molecule has 0 saturated heterocycles. The Bertz CT molecular complexity index is 168. The molecule has 0 spiro atoms. The van der Waals surface area contributed by atoms with Gasteiger partial charge in [0.15, 0.2) is 0 Å². The van der Waals surface area contributed by atoms with Crippen LogP contribution in [0, 0.1) is 11.8 Å². The molecular formula is C9H17NO2. The summed E-state index contributed by atoms with van der Waals surface area (Å²) >= 11 is 0. The first-order chi connectivity index (χ1) is 5.59. The molecule has 0 aromatic heterocycles. The second-order valence-corrected chi connectivity index (χ2v) is 3.95. The minimum atomic E-state index is -0.646. The van der Waals surface area contributed by atoms with Gasteiger partial charge in [0.1, 0.15) is 0 Å². The predicted octanol–water partition coefficient (Wildman–Crippen LogP) is 1.05. The number of rotatable bonds is 5. The van der Waals surface area contributed by atoms with Gasteiger partial charge in [-0.1, -0.05) is 0 Å². The maximum absolute atomic E-state index is 10.3. The van der Waals surface area contributed by atoms with E-state index in [1.54, 1.807) is 0 Å². The van der Waals surface area contributed by atoms with Crippen molar-refractivity contribution < 1.29 is 9.90 Å². The van der Waals surface area contributed by atoms with Gasteiger partial charge in [-0.25, -0.2) is 0 Å². The molecule has 3 nitrogen and oxygen atoms in total. The SMILES string of the molecule is CN(C)CCC1CC1CC(=O)O. The molecule has 2 atom stereocenters. The summed E-state index contributed by atoms with van der Waals surface area (Å²) in [5, 5.41) is 8.51. The van der Waals surface area contributed by atoms with Crippen molar-refractivity contribution in [2.24, 2.45) is 11.8 Å². The second kappa shape index (κ2) is 3.90. The predicted molar refractivity (Wildman–Crippen MR) is 47.0 cm³/mol. The molecule has 0 aromatic rings. The molecule has 0 aliphatic heterocycles. The number of aliphatic carboxylic acids is 1. The number of nitrogens with zero attached hydrogens (tertiary/aromatic N) is 1. The van der Waals surface area contributed by atoms with Crippen LogP contribution in [0.3, 0.4) is 0 Å². The normalized spacial score (nSPS) is 27.6. The van der Waals surface area contributed by atoms with Crippen molar-refractivity contribution >= 4 is 5.97 Å². The van der Waals surface area contributed by atoms with Crippen molar-refractivity contribution in [1.29, 1.82) is 0 Å². The topological polar surface area (TPSA) is 40.5 Å². The highest BCUT2D eigenvalue weighted by Gasteiger charge is 2.37. The fourth-order valence-corrected chi connectivity index (χ4v) is 1.56. The second-order valence-electron chi connectivity index (χ2n) is 3.95. The first-order valence-corrected chi connectivity index (χ1v) is 4.46. The molecule has 1 aliphatic rings. The van der Waals surface area contributed by atoms with Gasteiger partial charge in [0.25, 0.3) is 0 Å². The lowest BCUT2D eigenvalue weighted by atomic mass is 10.2. The van der Waals surface area contributed by atoms with Crippen molar-refractivity contribution in [2.75, 3.05) is 20.6 Å². The Morgan fingerprint density at radius 2 is 2.17 bits per heavy atom. The molecule has 1 fully saturated rings. The number of hydrogen-bond acceptors (Lipinski definition) is 2. The van der Waals surface area contributed by atoms with Gasteiger partial charge in [0, 0.05) is 6.42 Å². The lowest BCUT2D eigenvalue weighted by molar-refractivity contribution is -0.137. The molecule has 0 aromatic carbocycles. The summed E-state index contributed by atoms with van der Waals surface area (Å²) < 4.78 is 0. The van der Waals surface area contributed by atoms with Crippen LogP contribution >= 0.6 is 0 Å². The summed E-state index contributed by atoms with van der Waals surface area (Å²) in [6.45, 7) is 1.08. The maximum Gasteiger partial charge on any atom is 0.303 e. The van der Waals surface area contributed by atoms with Gasteiger partial charge < -0.3 is 10.0 Å². The minimum Gasteiger partial charge on any atom is -0.481 e. The van der Waals surface area contributed by atoms with Crippen LogP contribution in [0.4, 0.5) is 0 Å².